The molecule has 0 N–H and O–H groups in total. The molecule has 28 heavy (non-hydrogen) atoms. The van der Waals surface area contributed by atoms with Crippen molar-refractivity contribution in [2.45, 2.75) is 91.1 Å². The van der Waals surface area contributed by atoms with Gasteiger partial charge in [0, 0.05) is 13.0 Å². The fraction of sp³-hybridized carbons (Fsp3) is 0.720. The maximum atomic E-state index is 12.4. The number of carbonyl (C=O) groups excluding carboxylic acids is 1. The molecule has 1 aromatic carbocycles. The molecular formula is C25H40N2O. The van der Waals surface area contributed by atoms with E-state index in [9.17, 15) is 4.79 Å². The Morgan fingerprint density at radius 1 is 1.18 bits per heavy atom. The van der Waals surface area contributed by atoms with Crippen molar-refractivity contribution in [3.8, 4) is 0 Å². The lowest BCUT2D eigenvalue weighted by molar-refractivity contribution is -0.133. The third kappa shape index (κ3) is 4.45. The molecular weight excluding hydrogens is 344 g/mol. The van der Waals surface area contributed by atoms with Crippen LogP contribution in [-0.4, -0.2) is 41.4 Å². The fourth-order valence-corrected chi connectivity index (χ4v) is 5.42. The summed E-state index contributed by atoms with van der Waals surface area (Å²) in [6.07, 6.45) is 6.07. The van der Waals surface area contributed by atoms with Gasteiger partial charge in [-0.25, -0.2) is 0 Å². The van der Waals surface area contributed by atoms with Gasteiger partial charge >= 0.3 is 0 Å². The van der Waals surface area contributed by atoms with Crippen molar-refractivity contribution in [1.82, 2.24) is 9.80 Å². The first kappa shape index (κ1) is 21.4. The molecule has 1 spiro atoms. The molecule has 0 aromatic heterocycles. The van der Waals surface area contributed by atoms with E-state index < -0.39 is 0 Å². The fourth-order valence-electron chi connectivity index (χ4n) is 5.42. The largest absolute Gasteiger partial charge is 0.333 e. The number of piperidine rings is 1. The Morgan fingerprint density at radius 3 is 2.39 bits per heavy atom. The van der Waals surface area contributed by atoms with Crippen LogP contribution in [0.2, 0.25) is 0 Å². The number of fused-ring (bicyclic) bond motifs is 2. The average molecular weight is 385 g/mol. The predicted molar refractivity (Wildman–Crippen MR) is 117 cm³/mol. The van der Waals surface area contributed by atoms with Crippen LogP contribution in [0, 0.1) is 5.41 Å². The van der Waals surface area contributed by atoms with Crippen molar-refractivity contribution in [1.29, 1.82) is 0 Å². The van der Waals surface area contributed by atoms with Crippen molar-refractivity contribution in [3.05, 3.63) is 35.4 Å². The maximum absolute atomic E-state index is 12.4. The molecule has 0 saturated carbocycles. The molecule has 1 amide bonds. The summed E-state index contributed by atoms with van der Waals surface area (Å²) in [5.74, 6) is 0.197. The van der Waals surface area contributed by atoms with Crippen LogP contribution < -0.4 is 0 Å². The zero-order valence-electron chi connectivity index (χ0n) is 18.9. The first-order chi connectivity index (χ1) is 13.1. The molecule has 1 heterocycles. The quantitative estimate of drug-likeness (QED) is 0.679. The predicted octanol–water partition coefficient (Wildman–Crippen LogP) is 5.55. The second-order valence-electron chi connectivity index (χ2n) is 10.6. The Labute approximate surface area is 172 Å². The van der Waals surface area contributed by atoms with Gasteiger partial charge in [0.2, 0.25) is 5.91 Å². The van der Waals surface area contributed by atoms with Gasteiger partial charge in [0.25, 0.3) is 0 Å². The van der Waals surface area contributed by atoms with E-state index in [4.69, 9.17) is 0 Å². The van der Waals surface area contributed by atoms with E-state index in [2.05, 4.69) is 68.7 Å². The Morgan fingerprint density at radius 2 is 1.82 bits per heavy atom. The van der Waals surface area contributed by atoms with Crippen LogP contribution in [0.5, 0.6) is 0 Å². The Hall–Kier alpha value is -1.35. The normalized spacial score (nSPS) is 22.3. The number of nitrogens with zero attached hydrogens (tertiary/aromatic N) is 2. The van der Waals surface area contributed by atoms with Gasteiger partial charge in [0.15, 0.2) is 0 Å². The molecule has 0 bridgehead atoms. The van der Waals surface area contributed by atoms with Gasteiger partial charge in [-0.15, -0.1) is 0 Å². The van der Waals surface area contributed by atoms with Crippen molar-refractivity contribution in [2.75, 3.05) is 19.6 Å². The molecule has 0 radical (unpaired) electrons. The number of hydrogen-bond donors (Lipinski definition) is 0. The Bertz CT molecular complexity index is 680. The first-order valence-corrected chi connectivity index (χ1v) is 11.2. The number of benzene rings is 1. The lowest BCUT2D eigenvalue weighted by atomic mass is 9.63. The van der Waals surface area contributed by atoms with E-state index in [1.165, 1.54) is 56.4 Å². The number of carbonyl (C=O) groups is 1. The van der Waals surface area contributed by atoms with Gasteiger partial charge < -0.3 is 9.80 Å². The summed E-state index contributed by atoms with van der Waals surface area (Å²) in [6.45, 7) is 16.6. The van der Waals surface area contributed by atoms with Crippen molar-refractivity contribution < 1.29 is 4.79 Å². The van der Waals surface area contributed by atoms with E-state index in [0.29, 0.717) is 10.8 Å². The van der Waals surface area contributed by atoms with Gasteiger partial charge in [-0.05, 0) is 87.5 Å². The molecule has 1 aromatic rings. The molecule has 1 aliphatic heterocycles. The summed E-state index contributed by atoms with van der Waals surface area (Å²) in [6, 6.07) is 9.46. The van der Waals surface area contributed by atoms with E-state index in [-0.39, 0.29) is 18.0 Å². The highest BCUT2D eigenvalue weighted by atomic mass is 16.2. The molecule has 1 aliphatic carbocycles. The van der Waals surface area contributed by atoms with Crippen LogP contribution in [0.25, 0.3) is 0 Å². The van der Waals surface area contributed by atoms with Crippen molar-refractivity contribution in [3.63, 3.8) is 0 Å². The molecule has 2 aliphatic rings. The monoisotopic (exact) mass is 384 g/mol. The maximum Gasteiger partial charge on any atom is 0.220 e. The van der Waals surface area contributed by atoms with E-state index in [0.717, 1.165) is 6.42 Å². The number of amides is 1. The molecule has 3 nitrogen and oxygen atoms in total. The molecule has 1 atom stereocenters. The van der Waals surface area contributed by atoms with Gasteiger partial charge in [-0.2, -0.15) is 0 Å². The van der Waals surface area contributed by atoms with Gasteiger partial charge in [0.1, 0.15) is 0 Å². The van der Waals surface area contributed by atoms with Gasteiger partial charge in [-0.3, -0.25) is 4.79 Å². The number of likely N-dealkylation sites (tertiary alicyclic amines) is 1. The molecule has 3 heteroatoms. The molecule has 1 saturated heterocycles. The minimum Gasteiger partial charge on any atom is -0.333 e. The Balaban J connectivity index is 1.79. The minimum atomic E-state index is 0.197. The second-order valence-corrected chi connectivity index (χ2v) is 10.6. The lowest BCUT2D eigenvalue weighted by Gasteiger charge is -2.49. The van der Waals surface area contributed by atoms with E-state index >= 15 is 0 Å². The smallest absolute Gasteiger partial charge is 0.220 e. The van der Waals surface area contributed by atoms with E-state index in [1.807, 2.05) is 0 Å². The Kier molecular flexibility index (Phi) is 6.24. The third-order valence-corrected chi connectivity index (χ3v) is 7.03. The van der Waals surface area contributed by atoms with Gasteiger partial charge in [0.05, 0.1) is 6.04 Å². The topological polar surface area (TPSA) is 23.6 Å². The van der Waals surface area contributed by atoms with Crippen molar-refractivity contribution >= 4 is 5.91 Å². The standard InChI is InChI=1S/C25H40N2O/c1-19(2)27(20(3)28)23-11-12-25(22-10-8-7-9-21(22)23)14-17-26(18-15-25)16-13-24(4,5)6/h7-10,19,23H,11-18H2,1-6H3/t23-/m0/s1. The molecule has 3 rings (SSSR count). The molecule has 1 fully saturated rings. The summed E-state index contributed by atoms with van der Waals surface area (Å²) < 4.78 is 0. The summed E-state index contributed by atoms with van der Waals surface area (Å²) in [5.41, 5.74) is 3.65. The summed E-state index contributed by atoms with van der Waals surface area (Å²) in [4.78, 5) is 17.1. The first-order valence-electron chi connectivity index (χ1n) is 11.2. The molecule has 0 unspecified atom stereocenters. The van der Waals surface area contributed by atoms with Crippen LogP contribution in [0.3, 0.4) is 0 Å². The SMILES string of the molecule is CC(=O)N(C(C)C)[C@H]1CCC2(CCN(CCC(C)(C)C)CC2)c2ccccc21. The summed E-state index contributed by atoms with van der Waals surface area (Å²) in [7, 11) is 0. The summed E-state index contributed by atoms with van der Waals surface area (Å²) >= 11 is 0. The van der Waals surface area contributed by atoms with Gasteiger partial charge in [-0.1, -0.05) is 45.0 Å². The van der Waals surface area contributed by atoms with Crippen LogP contribution in [0.15, 0.2) is 24.3 Å². The highest BCUT2D eigenvalue weighted by Gasteiger charge is 2.43. The zero-order valence-corrected chi connectivity index (χ0v) is 18.9. The lowest BCUT2D eigenvalue weighted by Crippen LogP contribution is -2.48. The molecule has 156 valence electrons. The number of hydrogen-bond acceptors (Lipinski definition) is 2. The van der Waals surface area contributed by atoms with E-state index in [1.54, 1.807) is 6.92 Å². The van der Waals surface area contributed by atoms with Crippen LogP contribution in [-0.2, 0) is 10.2 Å². The third-order valence-electron chi connectivity index (χ3n) is 7.03. The zero-order chi connectivity index (χ0) is 20.5. The highest BCUT2D eigenvalue weighted by Crippen LogP contribution is 2.49. The minimum absolute atomic E-state index is 0.197. The average Bonchev–Trinajstić information content (AvgIpc) is 2.62. The summed E-state index contributed by atoms with van der Waals surface area (Å²) in [5, 5.41) is 0. The number of rotatable bonds is 4. The highest BCUT2D eigenvalue weighted by molar-refractivity contribution is 5.74. The second kappa shape index (κ2) is 8.18. The van der Waals surface area contributed by atoms with Crippen LogP contribution in [0.4, 0.5) is 0 Å². The van der Waals surface area contributed by atoms with Crippen LogP contribution in [0.1, 0.15) is 90.8 Å². The van der Waals surface area contributed by atoms with Crippen molar-refractivity contribution in [2.24, 2.45) is 5.41 Å². The van der Waals surface area contributed by atoms with Crippen LogP contribution >= 0.6 is 0 Å².